The van der Waals surface area contributed by atoms with Crippen LogP contribution < -0.4 is 5.32 Å². The number of halogens is 1. The minimum Gasteiger partial charge on any atom is -0.447 e. The lowest BCUT2D eigenvalue weighted by molar-refractivity contribution is -0.154. The van der Waals surface area contributed by atoms with Crippen LogP contribution in [0.25, 0.3) is 0 Å². The summed E-state index contributed by atoms with van der Waals surface area (Å²) in [6, 6.07) is 24.9. The molecule has 0 saturated heterocycles. The summed E-state index contributed by atoms with van der Waals surface area (Å²) >= 11 is 5.86. The molecule has 0 bridgehead atoms. The summed E-state index contributed by atoms with van der Waals surface area (Å²) in [5, 5.41) is 3.38. The quantitative estimate of drug-likeness (QED) is 0.625. The molecule has 0 unspecified atom stereocenters. The summed E-state index contributed by atoms with van der Waals surface area (Å²) in [6.45, 7) is 0. The van der Waals surface area contributed by atoms with Crippen LogP contribution in [-0.4, -0.2) is 11.9 Å². The molecule has 1 amide bonds. The largest absolute Gasteiger partial charge is 0.447 e. The first-order valence-electron chi connectivity index (χ1n) is 8.46. The van der Waals surface area contributed by atoms with Gasteiger partial charge in [-0.1, -0.05) is 72.3 Å². The van der Waals surface area contributed by atoms with Gasteiger partial charge in [-0.15, -0.1) is 0 Å². The average Bonchev–Trinajstić information content (AvgIpc) is 2.69. The molecule has 0 saturated carbocycles. The maximum Gasteiger partial charge on any atom is 0.311 e. The maximum atomic E-state index is 12.7. The van der Waals surface area contributed by atoms with E-state index < -0.39 is 18.0 Å². The Morgan fingerprint density at radius 1 is 0.852 bits per heavy atom. The molecule has 0 radical (unpaired) electrons. The van der Waals surface area contributed by atoms with E-state index in [4.69, 9.17) is 16.3 Å². The van der Waals surface area contributed by atoms with Gasteiger partial charge in [0.05, 0.1) is 6.42 Å². The van der Waals surface area contributed by atoms with E-state index in [1.807, 2.05) is 24.3 Å². The fourth-order valence-corrected chi connectivity index (χ4v) is 2.70. The second-order valence-corrected chi connectivity index (χ2v) is 6.38. The molecule has 3 aromatic carbocycles. The van der Waals surface area contributed by atoms with Crippen LogP contribution in [0.5, 0.6) is 0 Å². The molecule has 0 aliphatic rings. The molecule has 4 nitrogen and oxygen atoms in total. The van der Waals surface area contributed by atoms with Crippen LogP contribution in [0.2, 0.25) is 5.02 Å². The van der Waals surface area contributed by atoms with E-state index in [0.29, 0.717) is 16.3 Å². The number of benzene rings is 3. The number of rotatable bonds is 6. The van der Waals surface area contributed by atoms with Crippen LogP contribution >= 0.6 is 11.6 Å². The molecule has 0 heterocycles. The molecule has 3 aromatic rings. The van der Waals surface area contributed by atoms with Crippen molar-refractivity contribution < 1.29 is 14.3 Å². The second-order valence-electron chi connectivity index (χ2n) is 5.94. The van der Waals surface area contributed by atoms with Crippen LogP contribution in [-0.2, 0) is 20.7 Å². The van der Waals surface area contributed by atoms with Gasteiger partial charge in [0.15, 0.2) is 0 Å². The first-order valence-corrected chi connectivity index (χ1v) is 8.84. The lowest BCUT2D eigenvalue weighted by Gasteiger charge is -2.18. The molecule has 136 valence electrons. The van der Waals surface area contributed by atoms with E-state index >= 15 is 0 Å². The van der Waals surface area contributed by atoms with E-state index in [2.05, 4.69) is 5.32 Å². The summed E-state index contributed by atoms with van der Waals surface area (Å²) in [7, 11) is 0. The number of carbonyl (C=O) groups is 2. The number of amides is 1. The first kappa shape index (κ1) is 18.7. The first-order chi connectivity index (χ1) is 13.1. The standard InChI is InChI=1S/C22H18ClNO3/c23-18-13-11-16(12-14-18)15-20(25)27-21(17-7-3-1-4-8-17)22(26)24-19-9-5-2-6-10-19/h1-14,21H,15H2,(H,24,26)/t21-/m0/s1. The summed E-state index contributed by atoms with van der Waals surface area (Å²) < 4.78 is 5.52. The molecule has 1 N–H and O–H groups in total. The summed E-state index contributed by atoms with van der Waals surface area (Å²) in [5.41, 5.74) is 2.01. The number of para-hydroxylation sites is 1. The number of ether oxygens (including phenoxy) is 1. The van der Waals surface area contributed by atoms with Crippen LogP contribution in [0.3, 0.4) is 0 Å². The third-order valence-corrected chi connectivity index (χ3v) is 4.14. The van der Waals surface area contributed by atoms with E-state index in [1.54, 1.807) is 60.7 Å². The van der Waals surface area contributed by atoms with Gasteiger partial charge in [0.25, 0.3) is 5.91 Å². The molecule has 3 rings (SSSR count). The molecule has 0 aliphatic heterocycles. The van der Waals surface area contributed by atoms with Gasteiger partial charge in [-0.2, -0.15) is 0 Å². The van der Waals surface area contributed by atoms with Gasteiger partial charge in [0, 0.05) is 16.3 Å². The van der Waals surface area contributed by atoms with Crippen LogP contribution in [0.15, 0.2) is 84.9 Å². The number of anilines is 1. The Balaban J connectivity index is 1.74. The van der Waals surface area contributed by atoms with Crippen molar-refractivity contribution in [3.05, 3.63) is 101 Å². The van der Waals surface area contributed by atoms with Crippen LogP contribution in [0.4, 0.5) is 5.69 Å². The van der Waals surface area contributed by atoms with Gasteiger partial charge in [-0.3, -0.25) is 9.59 Å². The highest BCUT2D eigenvalue weighted by Gasteiger charge is 2.25. The Kier molecular flexibility index (Phi) is 6.23. The smallest absolute Gasteiger partial charge is 0.311 e. The SMILES string of the molecule is O=C(Cc1ccc(Cl)cc1)O[C@H](C(=O)Nc1ccccc1)c1ccccc1. The minimum atomic E-state index is -1.04. The van der Waals surface area contributed by atoms with Crippen molar-refractivity contribution in [2.75, 3.05) is 5.32 Å². The Morgan fingerprint density at radius 2 is 1.44 bits per heavy atom. The molecule has 27 heavy (non-hydrogen) atoms. The van der Waals surface area contributed by atoms with Gasteiger partial charge < -0.3 is 10.1 Å². The molecule has 5 heteroatoms. The Bertz CT molecular complexity index is 896. The number of esters is 1. The van der Waals surface area contributed by atoms with E-state index in [0.717, 1.165) is 5.56 Å². The molecule has 0 aromatic heterocycles. The molecule has 0 aliphatic carbocycles. The summed E-state index contributed by atoms with van der Waals surface area (Å²) in [5.74, 6) is -0.897. The van der Waals surface area contributed by atoms with E-state index in [9.17, 15) is 9.59 Å². The molecule has 1 atom stereocenters. The number of nitrogens with one attached hydrogen (secondary N) is 1. The highest BCUT2D eigenvalue weighted by Crippen LogP contribution is 2.21. The predicted octanol–water partition coefficient (Wildman–Crippen LogP) is 4.81. The van der Waals surface area contributed by atoms with Gasteiger partial charge in [-0.05, 0) is 29.8 Å². The lowest BCUT2D eigenvalue weighted by atomic mass is 10.1. The van der Waals surface area contributed by atoms with E-state index in [-0.39, 0.29) is 6.42 Å². The van der Waals surface area contributed by atoms with Crippen molar-refractivity contribution in [1.29, 1.82) is 0 Å². The Hall–Kier alpha value is -3.11. The number of carbonyl (C=O) groups excluding carboxylic acids is 2. The predicted molar refractivity (Wildman–Crippen MR) is 106 cm³/mol. The average molecular weight is 380 g/mol. The highest BCUT2D eigenvalue weighted by atomic mass is 35.5. The normalized spacial score (nSPS) is 11.4. The van der Waals surface area contributed by atoms with Gasteiger partial charge >= 0.3 is 5.97 Å². The van der Waals surface area contributed by atoms with Crippen molar-refractivity contribution >= 4 is 29.2 Å². The third-order valence-electron chi connectivity index (χ3n) is 3.89. The topological polar surface area (TPSA) is 55.4 Å². The molecule has 0 spiro atoms. The number of hydrogen-bond acceptors (Lipinski definition) is 3. The van der Waals surface area contributed by atoms with Crippen LogP contribution in [0, 0.1) is 0 Å². The maximum absolute atomic E-state index is 12.7. The zero-order chi connectivity index (χ0) is 19.1. The Morgan fingerprint density at radius 3 is 2.07 bits per heavy atom. The second kappa shape index (κ2) is 9.01. The van der Waals surface area contributed by atoms with Crippen molar-refractivity contribution in [2.45, 2.75) is 12.5 Å². The minimum absolute atomic E-state index is 0.0547. The molecule has 0 fully saturated rings. The van der Waals surface area contributed by atoms with Crippen molar-refractivity contribution in [2.24, 2.45) is 0 Å². The van der Waals surface area contributed by atoms with Gasteiger partial charge in [0.1, 0.15) is 0 Å². The zero-order valence-electron chi connectivity index (χ0n) is 14.5. The third kappa shape index (κ3) is 5.43. The van der Waals surface area contributed by atoms with Gasteiger partial charge in [-0.25, -0.2) is 0 Å². The molecular weight excluding hydrogens is 362 g/mol. The fourth-order valence-electron chi connectivity index (χ4n) is 2.57. The molecular formula is C22H18ClNO3. The lowest BCUT2D eigenvalue weighted by Crippen LogP contribution is -2.26. The summed E-state index contributed by atoms with van der Waals surface area (Å²) in [4.78, 5) is 25.1. The highest BCUT2D eigenvalue weighted by molar-refractivity contribution is 6.30. The van der Waals surface area contributed by atoms with Crippen LogP contribution in [0.1, 0.15) is 17.2 Å². The number of hydrogen-bond donors (Lipinski definition) is 1. The van der Waals surface area contributed by atoms with Gasteiger partial charge in [0.2, 0.25) is 6.10 Å². The fraction of sp³-hybridized carbons (Fsp3) is 0.0909. The zero-order valence-corrected chi connectivity index (χ0v) is 15.2. The van der Waals surface area contributed by atoms with Crippen molar-refractivity contribution in [3.63, 3.8) is 0 Å². The summed E-state index contributed by atoms with van der Waals surface area (Å²) in [6.07, 6.45) is -0.981. The monoisotopic (exact) mass is 379 g/mol. The Labute approximate surface area is 162 Å². The van der Waals surface area contributed by atoms with Crippen molar-refractivity contribution in [1.82, 2.24) is 0 Å². The van der Waals surface area contributed by atoms with E-state index in [1.165, 1.54) is 0 Å². The van der Waals surface area contributed by atoms with Crippen molar-refractivity contribution in [3.8, 4) is 0 Å².